The Morgan fingerprint density at radius 2 is 1.55 bits per heavy atom. The molecule has 2 aromatic rings. The summed E-state index contributed by atoms with van der Waals surface area (Å²) in [5.74, 6) is -1.12. The molecule has 0 aromatic heterocycles. The Bertz CT molecular complexity index is 873. The maximum atomic E-state index is 12.6. The number of ether oxygens (including phenoxy) is 1. The SMILES string of the molecule is C[C@](NC(=O)OCC1c2ccccc2-c2ccccc21)(C(=O)O)C1CCCCC1. The number of amides is 1. The third kappa shape index (κ3) is 3.61. The lowest BCUT2D eigenvalue weighted by atomic mass is 9.75. The highest BCUT2D eigenvalue weighted by atomic mass is 16.5. The quantitative estimate of drug-likeness (QED) is 0.754. The van der Waals surface area contributed by atoms with Crippen molar-refractivity contribution in [3.05, 3.63) is 59.7 Å². The van der Waals surface area contributed by atoms with Crippen LogP contribution in [0.4, 0.5) is 4.79 Å². The number of rotatable bonds is 5. The number of hydrogen-bond acceptors (Lipinski definition) is 3. The van der Waals surface area contributed by atoms with E-state index >= 15 is 0 Å². The Labute approximate surface area is 171 Å². The molecule has 1 atom stereocenters. The highest BCUT2D eigenvalue weighted by Gasteiger charge is 2.43. The molecule has 0 bridgehead atoms. The van der Waals surface area contributed by atoms with Crippen LogP contribution in [0.5, 0.6) is 0 Å². The fourth-order valence-corrected chi connectivity index (χ4v) is 4.86. The summed E-state index contributed by atoms with van der Waals surface area (Å²) in [4.78, 5) is 24.6. The number of carboxylic acids is 1. The van der Waals surface area contributed by atoms with Crippen LogP contribution >= 0.6 is 0 Å². The molecule has 5 heteroatoms. The highest BCUT2D eigenvalue weighted by Crippen LogP contribution is 2.44. The first-order valence-corrected chi connectivity index (χ1v) is 10.4. The number of carbonyl (C=O) groups excluding carboxylic acids is 1. The molecule has 29 heavy (non-hydrogen) atoms. The predicted octanol–water partition coefficient (Wildman–Crippen LogP) is 4.95. The minimum atomic E-state index is -1.30. The lowest BCUT2D eigenvalue weighted by Gasteiger charge is -2.36. The van der Waals surface area contributed by atoms with E-state index in [1.807, 2.05) is 24.3 Å². The molecule has 1 fully saturated rings. The molecule has 0 spiro atoms. The van der Waals surface area contributed by atoms with E-state index in [2.05, 4.69) is 29.6 Å². The molecule has 0 unspecified atom stereocenters. The van der Waals surface area contributed by atoms with Crippen LogP contribution in [0.15, 0.2) is 48.5 Å². The molecule has 4 rings (SSSR count). The van der Waals surface area contributed by atoms with Crippen molar-refractivity contribution in [2.45, 2.75) is 50.5 Å². The Kier molecular flexibility index (Phi) is 5.31. The molecule has 5 nitrogen and oxygen atoms in total. The number of alkyl carbamates (subject to hydrolysis) is 1. The molecule has 0 radical (unpaired) electrons. The second-order valence-electron chi connectivity index (χ2n) is 8.29. The maximum Gasteiger partial charge on any atom is 0.408 e. The molecule has 1 saturated carbocycles. The van der Waals surface area contributed by atoms with Gasteiger partial charge in [0.2, 0.25) is 0 Å². The van der Waals surface area contributed by atoms with Gasteiger partial charge in [0.05, 0.1) is 0 Å². The van der Waals surface area contributed by atoms with E-state index in [1.165, 1.54) is 0 Å². The van der Waals surface area contributed by atoms with Gasteiger partial charge in [0.1, 0.15) is 12.1 Å². The van der Waals surface area contributed by atoms with E-state index in [1.54, 1.807) is 6.92 Å². The molecule has 0 heterocycles. The first-order chi connectivity index (χ1) is 14.0. The first kappa shape index (κ1) is 19.5. The lowest BCUT2D eigenvalue weighted by molar-refractivity contribution is -0.147. The number of carboxylic acid groups (broad SMARTS) is 1. The minimum absolute atomic E-state index is 0.0427. The fraction of sp³-hybridized carbons (Fsp3) is 0.417. The molecule has 152 valence electrons. The van der Waals surface area contributed by atoms with Gasteiger partial charge in [-0.2, -0.15) is 0 Å². The van der Waals surface area contributed by atoms with Crippen molar-refractivity contribution in [1.82, 2.24) is 5.32 Å². The number of hydrogen-bond donors (Lipinski definition) is 2. The Morgan fingerprint density at radius 3 is 2.10 bits per heavy atom. The average Bonchev–Trinajstić information content (AvgIpc) is 3.06. The maximum absolute atomic E-state index is 12.6. The van der Waals surface area contributed by atoms with Gasteiger partial charge in [-0.15, -0.1) is 0 Å². The highest BCUT2D eigenvalue weighted by molar-refractivity contribution is 5.84. The normalized spacial score (nSPS) is 18.4. The Balaban J connectivity index is 1.47. The second-order valence-corrected chi connectivity index (χ2v) is 8.29. The number of aliphatic carboxylic acids is 1. The van der Waals surface area contributed by atoms with Crippen LogP contribution in [0, 0.1) is 5.92 Å². The fourth-order valence-electron chi connectivity index (χ4n) is 4.86. The summed E-state index contributed by atoms with van der Waals surface area (Å²) in [6, 6.07) is 16.3. The smallest absolute Gasteiger partial charge is 0.408 e. The molecule has 2 N–H and O–H groups in total. The number of fused-ring (bicyclic) bond motifs is 3. The van der Waals surface area contributed by atoms with Crippen molar-refractivity contribution < 1.29 is 19.4 Å². The van der Waals surface area contributed by atoms with Crippen LogP contribution in [-0.2, 0) is 9.53 Å². The van der Waals surface area contributed by atoms with Crippen molar-refractivity contribution in [1.29, 1.82) is 0 Å². The van der Waals surface area contributed by atoms with Gasteiger partial charge in [-0.3, -0.25) is 0 Å². The van der Waals surface area contributed by atoms with Crippen molar-refractivity contribution >= 4 is 12.1 Å². The van der Waals surface area contributed by atoms with E-state index in [9.17, 15) is 14.7 Å². The van der Waals surface area contributed by atoms with E-state index in [0.29, 0.717) is 0 Å². The van der Waals surface area contributed by atoms with Crippen LogP contribution < -0.4 is 5.32 Å². The van der Waals surface area contributed by atoms with Crippen LogP contribution in [0.2, 0.25) is 0 Å². The first-order valence-electron chi connectivity index (χ1n) is 10.4. The van der Waals surface area contributed by atoms with Crippen molar-refractivity contribution in [3.63, 3.8) is 0 Å². The summed E-state index contributed by atoms with van der Waals surface area (Å²) in [7, 11) is 0. The minimum Gasteiger partial charge on any atom is -0.480 e. The largest absolute Gasteiger partial charge is 0.480 e. The zero-order chi connectivity index (χ0) is 20.4. The Hall–Kier alpha value is -2.82. The van der Waals surface area contributed by atoms with Gasteiger partial charge in [-0.1, -0.05) is 67.8 Å². The lowest BCUT2D eigenvalue weighted by Crippen LogP contribution is -2.57. The van der Waals surface area contributed by atoms with Gasteiger partial charge in [0, 0.05) is 5.92 Å². The van der Waals surface area contributed by atoms with E-state index < -0.39 is 17.6 Å². The molecule has 0 saturated heterocycles. The van der Waals surface area contributed by atoms with Crippen molar-refractivity contribution in [2.75, 3.05) is 6.61 Å². The van der Waals surface area contributed by atoms with Gasteiger partial charge in [-0.25, -0.2) is 9.59 Å². The number of benzene rings is 2. The topological polar surface area (TPSA) is 75.6 Å². The van der Waals surface area contributed by atoms with Gasteiger partial charge < -0.3 is 15.2 Å². The predicted molar refractivity (Wildman–Crippen MR) is 111 cm³/mol. The third-order valence-electron chi connectivity index (χ3n) is 6.57. The van der Waals surface area contributed by atoms with Crippen molar-refractivity contribution in [3.8, 4) is 11.1 Å². The van der Waals surface area contributed by atoms with Crippen LogP contribution in [0.1, 0.15) is 56.1 Å². The second kappa shape index (κ2) is 7.90. The molecular weight excluding hydrogens is 366 g/mol. The molecular formula is C24H27NO4. The van der Waals surface area contributed by atoms with Crippen molar-refractivity contribution in [2.24, 2.45) is 5.92 Å². The molecule has 0 aliphatic heterocycles. The average molecular weight is 393 g/mol. The van der Waals surface area contributed by atoms with Gasteiger partial charge in [0.25, 0.3) is 0 Å². The van der Waals surface area contributed by atoms with E-state index in [0.717, 1.165) is 54.4 Å². The molecule has 2 aliphatic rings. The van der Waals surface area contributed by atoms with Gasteiger partial charge in [-0.05, 0) is 47.9 Å². The van der Waals surface area contributed by atoms with Crippen LogP contribution in [0.3, 0.4) is 0 Å². The number of nitrogens with one attached hydrogen (secondary N) is 1. The zero-order valence-corrected chi connectivity index (χ0v) is 16.7. The molecule has 1 amide bonds. The summed E-state index contributed by atoms with van der Waals surface area (Å²) in [5, 5.41) is 12.5. The monoisotopic (exact) mass is 393 g/mol. The standard InChI is InChI=1S/C24H27NO4/c1-24(22(26)27,16-9-3-2-4-10-16)25-23(28)29-15-21-19-13-7-5-11-17(19)18-12-6-8-14-20(18)21/h5-8,11-14,16,21H,2-4,9-10,15H2,1H3,(H,25,28)(H,26,27)/t24-/m1/s1. The summed E-state index contributed by atoms with van der Waals surface area (Å²) < 4.78 is 5.56. The zero-order valence-electron chi connectivity index (χ0n) is 16.7. The molecule has 2 aliphatic carbocycles. The number of carbonyl (C=O) groups is 2. The molecule has 2 aromatic carbocycles. The van der Waals surface area contributed by atoms with Gasteiger partial charge >= 0.3 is 12.1 Å². The van der Waals surface area contributed by atoms with Gasteiger partial charge in [0.15, 0.2) is 0 Å². The summed E-state index contributed by atoms with van der Waals surface area (Å²) >= 11 is 0. The van der Waals surface area contributed by atoms with E-state index in [-0.39, 0.29) is 18.4 Å². The summed E-state index contributed by atoms with van der Waals surface area (Å²) in [6.07, 6.45) is 4.08. The summed E-state index contributed by atoms with van der Waals surface area (Å²) in [5.41, 5.74) is 3.29. The third-order valence-corrected chi connectivity index (χ3v) is 6.57. The Morgan fingerprint density at radius 1 is 1.00 bits per heavy atom. The van der Waals surface area contributed by atoms with E-state index in [4.69, 9.17) is 4.74 Å². The van der Waals surface area contributed by atoms with Crippen LogP contribution in [-0.4, -0.2) is 29.3 Å². The summed E-state index contributed by atoms with van der Waals surface area (Å²) in [6.45, 7) is 1.78. The van der Waals surface area contributed by atoms with Crippen LogP contribution in [0.25, 0.3) is 11.1 Å².